The number of aryl methyl sites for hydroxylation is 2. The predicted molar refractivity (Wildman–Crippen MR) is 110 cm³/mol. The lowest BCUT2D eigenvalue weighted by Gasteiger charge is -2.15. The SMILES string of the molecule is Cc1ccc(C)n1-c1ccc(C(=O)O[C@@H](C)C(=O)Nc2ccc(F)cc2Cl)cc1. The molecule has 1 aromatic heterocycles. The van der Waals surface area contributed by atoms with Crippen molar-refractivity contribution in [2.45, 2.75) is 26.9 Å². The van der Waals surface area contributed by atoms with Crippen molar-refractivity contribution in [2.75, 3.05) is 5.32 Å². The Kier molecular flexibility index (Phi) is 6.03. The number of hydrogen-bond acceptors (Lipinski definition) is 3. The number of rotatable bonds is 5. The summed E-state index contributed by atoms with van der Waals surface area (Å²) in [6, 6.07) is 14.6. The smallest absolute Gasteiger partial charge is 0.338 e. The number of hydrogen-bond donors (Lipinski definition) is 1. The first-order valence-corrected chi connectivity index (χ1v) is 9.36. The van der Waals surface area contributed by atoms with E-state index in [-0.39, 0.29) is 10.7 Å². The maximum absolute atomic E-state index is 13.1. The van der Waals surface area contributed by atoms with E-state index in [1.165, 1.54) is 19.1 Å². The molecular weight excluding hydrogens is 395 g/mol. The zero-order valence-electron chi connectivity index (χ0n) is 16.2. The molecule has 2 aromatic carbocycles. The molecule has 0 aliphatic heterocycles. The Bertz CT molecular complexity index is 1040. The molecule has 5 nitrogen and oxygen atoms in total. The summed E-state index contributed by atoms with van der Waals surface area (Å²) in [5.41, 5.74) is 3.67. The molecule has 1 N–H and O–H groups in total. The highest BCUT2D eigenvalue weighted by Crippen LogP contribution is 2.23. The lowest BCUT2D eigenvalue weighted by molar-refractivity contribution is -0.123. The summed E-state index contributed by atoms with van der Waals surface area (Å²) in [7, 11) is 0. The van der Waals surface area contributed by atoms with Gasteiger partial charge in [0, 0.05) is 17.1 Å². The van der Waals surface area contributed by atoms with Crippen molar-refractivity contribution < 1.29 is 18.7 Å². The van der Waals surface area contributed by atoms with E-state index >= 15 is 0 Å². The Balaban J connectivity index is 1.65. The Morgan fingerprint density at radius 2 is 1.66 bits per heavy atom. The molecule has 0 aliphatic rings. The third-order valence-electron chi connectivity index (χ3n) is 4.47. The van der Waals surface area contributed by atoms with Crippen LogP contribution < -0.4 is 5.32 Å². The number of nitrogens with zero attached hydrogens (tertiary/aromatic N) is 1. The average Bonchev–Trinajstić information content (AvgIpc) is 3.02. The molecule has 0 unspecified atom stereocenters. The molecule has 1 atom stereocenters. The molecule has 0 bridgehead atoms. The van der Waals surface area contributed by atoms with E-state index in [1.807, 2.05) is 38.1 Å². The van der Waals surface area contributed by atoms with Gasteiger partial charge in [-0.25, -0.2) is 9.18 Å². The highest BCUT2D eigenvalue weighted by Gasteiger charge is 2.20. The molecule has 3 rings (SSSR count). The minimum Gasteiger partial charge on any atom is -0.449 e. The number of aromatic nitrogens is 1. The van der Waals surface area contributed by atoms with Crippen molar-refractivity contribution in [3.05, 3.63) is 82.4 Å². The minimum absolute atomic E-state index is 0.0584. The number of esters is 1. The van der Waals surface area contributed by atoms with Gasteiger partial charge in [-0.1, -0.05) is 11.6 Å². The fourth-order valence-electron chi connectivity index (χ4n) is 2.93. The van der Waals surface area contributed by atoms with Gasteiger partial charge in [-0.15, -0.1) is 0 Å². The van der Waals surface area contributed by atoms with Crippen molar-refractivity contribution in [1.82, 2.24) is 4.57 Å². The second-order valence-corrected chi connectivity index (χ2v) is 7.07. The Labute approximate surface area is 173 Å². The maximum Gasteiger partial charge on any atom is 0.338 e. The summed E-state index contributed by atoms with van der Waals surface area (Å²) in [6.07, 6.45) is -1.06. The fraction of sp³-hybridized carbons (Fsp3) is 0.182. The van der Waals surface area contributed by atoms with E-state index in [1.54, 1.807) is 12.1 Å². The van der Waals surface area contributed by atoms with E-state index < -0.39 is 23.8 Å². The maximum atomic E-state index is 13.1. The number of amides is 1. The van der Waals surface area contributed by atoms with Crippen molar-refractivity contribution in [3.8, 4) is 5.69 Å². The first-order chi connectivity index (χ1) is 13.8. The topological polar surface area (TPSA) is 60.3 Å². The van der Waals surface area contributed by atoms with Crippen molar-refractivity contribution in [1.29, 1.82) is 0 Å². The van der Waals surface area contributed by atoms with Crippen LogP contribution in [0, 0.1) is 19.7 Å². The van der Waals surface area contributed by atoms with Crippen LogP contribution in [0.1, 0.15) is 28.7 Å². The van der Waals surface area contributed by atoms with Crippen LogP contribution in [-0.2, 0) is 9.53 Å². The first-order valence-electron chi connectivity index (χ1n) is 8.98. The van der Waals surface area contributed by atoms with Gasteiger partial charge in [0.15, 0.2) is 6.10 Å². The normalized spacial score (nSPS) is 11.8. The highest BCUT2D eigenvalue weighted by atomic mass is 35.5. The zero-order chi connectivity index (χ0) is 21.1. The van der Waals surface area contributed by atoms with Gasteiger partial charge >= 0.3 is 5.97 Å². The second-order valence-electron chi connectivity index (χ2n) is 6.66. The number of halogens is 2. The van der Waals surface area contributed by atoms with Gasteiger partial charge in [0.1, 0.15) is 5.82 Å². The van der Waals surface area contributed by atoms with E-state index in [4.69, 9.17) is 16.3 Å². The Morgan fingerprint density at radius 3 is 2.24 bits per heavy atom. The van der Waals surface area contributed by atoms with E-state index in [0.29, 0.717) is 5.56 Å². The highest BCUT2D eigenvalue weighted by molar-refractivity contribution is 6.33. The first kappa shape index (κ1) is 20.6. The van der Waals surface area contributed by atoms with Crippen LogP contribution in [0.4, 0.5) is 10.1 Å². The minimum atomic E-state index is -1.06. The number of nitrogens with one attached hydrogen (secondary N) is 1. The van der Waals surface area contributed by atoms with E-state index in [2.05, 4.69) is 9.88 Å². The third-order valence-corrected chi connectivity index (χ3v) is 4.79. The van der Waals surface area contributed by atoms with Gasteiger partial charge in [0.05, 0.1) is 16.3 Å². The van der Waals surface area contributed by atoms with Gasteiger partial charge in [-0.2, -0.15) is 0 Å². The quantitative estimate of drug-likeness (QED) is 0.593. The molecule has 0 spiro atoms. The molecule has 0 radical (unpaired) electrons. The van der Waals surface area contributed by atoms with Gasteiger partial charge in [0.25, 0.3) is 5.91 Å². The van der Waals surface area contributed by atoms with Crippen molar-refractivity contribution in [2.24, 2.45) is 0 Å². The molecule has 0 saturated carbocycles. The third kappa shape index (κ3) is 4.66. The lowest BCUT2D eigenvalue weighted by atomic mass is 10.2. The number of carbonyl (C=O) groups excluding carboxylic acids is 2. The van der Waals surface area contributed by atoms with Crippen LogP contribution in [0.2, 0.25) is 5.02 Å². The summed E-state index contributed by atoms with van der Waals surface area (Å²) in [6.45, 7) is 5.46. The van der Waals surface area contributed by atoms with Crippen LogP contribution in [0.5, 0.6) is 0 Å². The molecule has 1 heterocycles. The lowest BCUT2D eigenvalue weighted by Crippen LogP contribution is -2.30. The second kappa shape index (κ2) is 8.49. The number of benzene rings is 2. The zero-order valence-corrected chi connectivity index (χ0v) is 17.0. The summed E-state index contributed by atoms with van der Waals surface area (Å²) in [5, 5.41) is 2.57. The predicted octanol–water partition coefficient (Wildman–Crippen LogP) is 5.07. The molecule has 0 saturated heterocycles. The average molecular weight is 415 g/mol. The fourth-order valence-corrected chi connectivity index (χ4v) is 3.14. The Hall–Kier alpha value is -3.12. The molecular formula is C22H20ClFN2O3. The van der Waals surface area contributed by atoms with Crippen molar-refractivity contribution in [3.63, 3.8) is 0 Å². The standard InChI is InChI=1S/C22H20ClFN2O3/c1-13-4-5-14(2)26(13)18-9-6-16(7-10-18)22(28)29-15(3)21(27)25-20-11-8-17(24)12-19(20)23/h4-12,15H,1-3H3,(H,25,27)/t15-/m0/s1. The summed E-state index contributed by atoms with van der Waals surface area (Å²) in [5.74, 6) is -1.70. The van der Waals surface area contributed by atoms with Gasteiger partial charge in [0.2, 0.25) is 0 Å². The largest absolute Gasteiger partial charge is 0.449 e. The van der Waals surface area contributed by atoms with E-state index in [0.717, 1.165) is 23.1 Å². The number of anilines is 1. The van der Waals surface area contributed by atoms with Crippen LogP contribution in [0.3, 0.4) is 0 Å². The molecule has 1 amide bonds. The molecule has 7 heteroatoms. The van der Waals surface area contributed by atoms with Gasteiger partial charge < -0.3 is 14.6 Å². The molecule has 3 aromatic rings. The van der Waals surface area contributed by atoms with Crippen molar-refractivity contribution >= 4 is 29.2 Å². The molecule has 0 fully saturated rings. The van der Waals surface area contributed by atoms with Gasteiger partial charge in [-0.3, -0.25) is 4.79 Å². The van der Waals surface area contributed by atoms with Gasteiger partial charge in [-0.05, 0) is 75.4 Å². The number of ether oxygens (including phenoxy) is 1. The monoisotopic (exact) mass is 414 g/mol. The Morgan fingerprint density at radius 1 is 1.03 bits per heavy atom. The van der Waals surface area contributed by atoms with Crippen LogP contribution in [-0.4, -0.2) is 22.5 Å². The van der Waals surface area contributed by atoms with Crippen LogP contribution in [0.25, 0.3) is 5.69 Å². The molecule has 0 aliphatic carbocycles. The van der Waals surface area contributed by atoms with Crippen LogP contribution >= 0.6 is 11.6 Å². The summed E-state index contributed by atoms with van der Waals surface area (Å²) in [4.78, 5) is 24.6. The van der Waals surface area contributed by atoms with E-state index in [9.17, 15) is 14.0 Å². The molecule has 150 valence electrons. The van der Waals surface area contributed by atoms with Crippen LogP contribution in [0.15, 0.2) is 54.6 Å². The number of carbonyl (C=O) groups is 2. The summed E-state index contributed by atoms with van der Waals surface area (Å²) < 4.78 is 20.4. The summed E-state index contributed by atoms with van der Waals surface area (Å²) >= 11 is 5.89. The molecule has 29 heavy (non-hydrogen) atoms.